The Morgan fingerprint density at radius 3 is 2.32 bits per heavy atom. The molecular weight excluding hydrogens is 514 g/mol. The number of aliphatic hydroxyl groups excluding tert-OH is 1. The van der Waals surface area contributed by atoms with Crippen LogP contribution in [0.5, 0.6) is 0 Å². The fraction of sp³-hybridized carbons (Fsp3) is 0.441. The third-order valence-corrected chi connectivity index (χ3v) is 8.24. The Bertz CT molecular complexity index is 1260. The third kappa shape index (κ3) is 7.54. The Hall–Kier alpha value is -3.23. The standard InChI is InChI=1S/C34H43N3O4/c1-3-35-34(39)36-21-26-8-7-9-30(20-26)27-14-16-29(17-15-27)33-40-31(22-37-18-5-4-6-19-37)24(2)32(41-33)28-12-10-25(23-38)11-13-28/h7-17,20,24,31-33,38H,3-6,18-19,21-23H2,1-2H3,(H2,35,36,39)/t24-,31+,32+,33+/m1/s1. The molecule has 2 saturated heterocycles. The highest BCUT2D eigenvalue weighted by atomic mass is 16.7. The Kier molecular flexibility index (Phi) is 10.1. The van der Waals surface area contributed by atoms with Crippen LogP contribution < -0.4 is 10.6 Å². The molecule has 0 saturated carbocycles. The highest BCUT2D eigenvalue weighted by Gasteiger charge is 2.39. The Morgan fingerprint density at radius 1 is 0.878 bits per heavy atom. The molecular formula is C34H43N3O4. The van der Waals surface area contributed by atoms with Gasteiger partial charge in [-0.1, -0.05) is 80.1 Å². The van der Waals surface area contributed by atoms with Crippen molar-refractivity contribution in [3.8, 4) is 11.1 Å². The predicted octanol–water partition coefficient (Wildman–Crippen LogP) is 5.94. The lowest BCUT2D eigenvalue weighted by atomic mass is 9.89. The van der Waals surface area contributed by atoms with Crippen LogP contribution in [-0.4, -0.2) is 48.3 Å². The summed E-state index contributed by atoms with van der Waals surface area (Å²) < 4.78 is 13.3. The van der Waals surface area contributed by atoms with Gasteiger partial charge in [0.2, 0.25) is 0 Å². The van der Waals surface area contributed by atoms with Crippen molar-refractivity contribution in [3.63, 3.8) is 0 Å². The van der Waals surface area contributed by atoms with Crippen LogP contribution in [0.2, 0.25) is 0 Å². The van der Waals surface area contributed by atoms with Crippen LogP contribution in [0.3, 0.4) is 0 Å². The van der Waals surface area contributed by atoms with Gasteiger partial charge >= 0.3 is 6.03 Å². The first-order valence-electron chi connectivity index (χ1n) is 15.0. The molecule has 0 spiro atoms. The van der Waals surface area contributed by atoms with Crippen molar-refractivity contribution < 1.29 is 19.4 Å². The highest BCUT2D eigenvalue weighted by molar-refractivity contribution is 5.73. The van der Waals surface area contributed by atoms with E-state index < -0.39 is 6.29 Å². The largest absolute Gasteiger partial charge is 0.392 e. The molecule has 3 aromatic rings. The molecule has 0 aliphatic carbocycles. The zero-order valence-corrected chi connectivity index (χ0v) is 24.2. The van der Waals surface area contributed by atoms with Crippen molar-refractivity contribution in [2.24, 2.45) is 5.92 Å². The zero-order chi connectivity index (χ0) is 28.6. The molecule has 0 radical (unpaired) electrons. The van der Waals surface area contributed by atoms with E-state index in [0.717, 1.165) is 53.0 Å². The second kappa shape index (κ2) is 14.1. The van der Waals surface area contributed by atoms with E-state index in [9.17, 15) is 9.90 Å². The molecule has 2 fully saturated rings. The van der Waals surface area contributed by atoms with Gasteiger partial charge in [-0.25, -0.2) is 4.79 Å². The van der Waals surface area contributed by atoms with E-state index >= 15 is 0 Å². The first-order valence-corrected chi connectivity index (χ1v) is 15.0. The van der Waals surface area contributed by atoms with Gasteiger partial charge in [-0.2, -0.15) is 0 Å². The molecule has 3 aromatic carbocycles. The van der Waals surface area contributed by atoms with Crippen molar-refractivity contribution in [1.82, 2.24) is 15.5 Å². The quantitative estimate of drug-likeness (QED) is 0.303. The molecule has 2 amide bonds. The van der Waals surface area contributed by atoms with E-state index in [1.54, 1.807) is 0 Å². The number of rotatable bonds is 9. The third-order valence-electron chi connectivity index (χ3n) is 8.24. The Labute approximate surface area is 243 Å². The van der Waals surface area contributed by atoms with E-state index in [1.165, 1.54) is 19.3 Å². The number of nitrogens with zero attached hydrogens (tertiary/aromatic N) is 1. The number of piperidine rings is 1. The molecule has 5 rings (SSSR count). The van der Waals surface area contributed by atoms with Crippen molar-refractivity contribution >= 4 is 6.03 Å². The maximum Gasteiger partial charge on any atom is 0.315 e. The molecule has 7 nitrogen and oxygen atoms in total. The second-order valence-electron chi connectivity index (χ2n) is 11.2. The number of hydrogen-bond acceptors (Lipinski definition) is 5. The zero-order valence-electron chi connectivity index (χ0n) is 24.2. The predicted molar refractivity (Wildman–Crippen MR) is 161 cm³/mol. The van der Waals surface area contributed by atoms with Crippen molar-refractivity contribution in [2.75, 3.05) is 26.2 Å². The van der Waals surface area contributed by atoms with Crippen LogP contribution in [0.25, 0.3) is 11.1 Å². The van der Waals surface area contributed by atoms with Gasteiger partial charge in [0.25, 0.3) is 0 Å². The minimum absolute atomic E-state index is 0.0324. The molecule has 41 heavy (non-hydrogen) atoms. The summed E-state index contributed by atoms with van der Waals surface area (Å²) in [6.45, 7) is 8.39. The minimum atomic E-state index is -0.467. The number of amides is 2. The summed E-state index contributed by atoms with van der Waals surface area (Å²) in [6, 6.07) is 24.6. The molecule has 7 heteroatoms. The van der Waals surface area contributed by atoms with Crippen LogP contribution in [0.4, 0.5) is 4.79 Å². The summed E-state index contributed by atoms with van der Waals surface area (Å²) in [5, 5.41) is 15.2. The van der Waals surface area contributed by atoms with E-state index in [4.69, 9.17) is 9.47 Å². The van der Waals surface area contributed by atoms with E-state index in [-0.39, 0.29) is 30.8 Å². The molecule has 4 atom stereocenters. The monoisotopic (exact) mass is 557 g/mol. The number of aliphatic hydroxyl groups is 1. The van der Waals surface area contributed by atoms with Gasteiger partial charge in [0.05, 0.1) is 18.8 Å². The van der Waals surface area contributed by atoms with Crippen LogP contribution >= 0.6 is 0 Å². The lowest BCUT2D eigenvalue weighted by Gasteiger charge is -2.43. The van der Waals surface area contributed by atoms with Crippen LogP contribution in [-0.2, 0) is 22.6 Å². The topological polar surface area (TPSA) is 83.1 Å². The van der Waals surface area contributed by atoms with Crippen molar-refractivity contribution in [1.29, 1.82) is 0 Å². The molecule has 3 N–H and O–H groups in total. The summed E-state index contributed by atoms with van der Waals surface area (Å²) >= 11 is 0. The van der Waals surface area contributed by atoms with Gasteiger partial charge in [0.15, 0.2) is 6.29 Å². The van der Waals surface area contributed by atoms with Crippen molar-refractivity contribution in [3.05, 3.63) is 95.1 Å². The van der Waals surface area contributed by atoms with Crippen LogP contribution in [0.1, 0.15) is 67.8 Å². The Balaban J connectivity index is 1.33. The summed E-state index contributed by atoms with van der Waals surface area (Å²) in [7, 11) is 0. The summed E-state index contributed by atoms with van der Waals surface area (Å²) in [5.41, 5.74) is 6.24. The highest BCUT2D eigenvalue weighted by Crippen LogP contribution is 2.42. The maximum atomic E-state index is 11.8. The average molecular weight is 558 g/mol. The van der Waals surface area contributed by atoms with Crippen LogP contribution in [0, 0.1) is 5.92 Å². The second-order valence-corrected chi connectivity index (χ2v) is 11.2. The number of likely N-dealkylation sites (tertiary alicyclic amines) is 1. The van der Waals surface area contributed by atoms with Gasteiger partial charge < -0.3 is 30.1 Å². The van der Waals surface area contributed by atoms with E-state index in [2.05, 4.69) is 71.0 Å². The normalized spacial score (nSPS) is 23.2. The van der Waals surface area contributed by atoms with E-state index in [1.807, 2.05) is 31.2 Å². The average Bonchev–Trinajstić information content (AvgIpc) is 3.02. The van der Waals surface area contributed by atoms with Crippen LogP contribution in [0.15, 0.2) is 72.8 Å². The minimum Gasteiger partial charge on any atom is -0.392 e. The van der Waals surface area contributed by atoms with Crippen molar-refractivity contribution in [2.45, 2.75) is 64.8 Å². The first kappa shape index (κ1) is 29.3. The number of carbonyl (C=O) groups excluding carboxylic acids is 1. The fourth-order valence-corrected chi connectivity index (χ4v) is 5.82. The Morgan fingerprint density at radius 2 is 1.61 bits per heavy atom. The van der Waals surface area contributed by atoms with Gasteiger partial charge in [-0.05, 0) is 66.7 Å². The SMILES string of the molecule is CCNC(=O)NCc1cccc(-c2ccc([C@H]3O[C@@H](CN4CCCCC4)[C@@H](C)[C@@H](c4ccc(CO)cc4)O3)cc2)c1. The smallest absolute Gasteiger partial charge is 0.315 e. The maximum absolute atomic E-state index is 11.8. The lowest BCUT2D eigenvalue weighted by molar-refractivity contribution is -0.276. The van der Waals surface area contributed by atoms with Gasteiger partial charge in [-0.3, -0.25) is 0 Å². The number of urea groups is 1. The molecule has 0 unspecified atom stereocenters. The molecule has 0 aromatic heterocycles. The number of ether oxygens (including phenoxy) is 2. The van der Waals surface area contributed by atoms with E-state index in [0.29, 0.717) is 13.1 Å². The first-order chi connectivity index (χ1) is 20.0. The van der Waals surface area contributed by atoms with Gasteiger partial charge in [-0.15, -0.1) is 0 Å². The summed E-state index contributed by atoms with van der Waals surface area (Å²) in [4.78, 5) is 14.3. The lowest BCUT2D eigenvalue weighted by Crippen LogP contribution is -2.45. The number of benzene rings is 3. The molecule has 2 heterocycles. The van der Waals surface area contributed by atoms with Gasteiger partial charge in [0, 0.05) is 31.1 Å². The number of carbonyl (C=O) groups is 1. The number of nitrogens with one attached hydrogen (secondary N) is 2. The molecule has 0 bridgehead atoms. The fourth-order valence-electron chi connectivity index (χ4n) is 5.82. The summed E-state index contributed by atoms with van der Waals surface area (Å²) in [6.07, 6.45) is 3.27. The number of hydrogen-bond donors (Lipinski definition) is 3. The molecule has 2 aliphatic heterocycles. The van der Waals surface area contributed by atoms with Gasteiger partial charge in [0.1, 0.15) is 0 Å². The molecule has 218 valence electrons. The molecule has 2 aliphatic rings. The summed E-state index contributed by atoms with van der Waals surface area (Å²) in [5.74, 6) is 0.184.